The van der Waals surface area contributed by atoms with Gasteiger partial charge in [0.2, 0.25) is 0 Å². The molecular weight excluding hydrogens is 284 g/mol. The number of thioether (sulfide) groups is 1. The Morgan fingerprint density at radius 3 is 2.86 bits per heavy atom. The summed E-state index contributed by atoms with van der Waals surface area (Å²) in [4.78, 5) is 12.1. The number of aliphatic hydroxyl groups excluding tert-OH is 1. The van der Waals surface area contributed by atoms with Gasteiger partial charge in [-0.3, -0.25) is 0 Å². The Hall–Kier alpha value is -1.20. The summed E-state index contributed by atoms with van der Waals surface area (Å²) in [7, 11) is 0. The molecule has 0 bridgehead atoms. The first-order chi connectivity index (χ1) is 10.1. The minimum atomic E-state index is -0.186. The van der Waals surface area contributed by atoms with Crippen LogP contribution in [0.3, 0.4) is 0 Å². The van der Waals surface area contributed by atoms with Crippen molar-refractivity contribution in [3.8, 4) is 0 Å². The van der Waals surface area contributed by atoms with Crippen molar-refractivity contribution >= 4 is 23.5 Å². The van der Waals surface area contributed by atoms with E-state index in [1.165, 1.54) is 5.56 Å². The van der Waals surface area contributed by atoms with Crippen molar-refractivity contribution in [2.45, 2.75) is 37.5 Å². The van der Waals surface area contributed by atoms with Gasteiger partial charge in [0.1, 0.15) is 0 Å². The van der Waals surface area contributed by atoms with Crippen LogP contribution < -0.4 is 10.6 Å². The topological polar surface area (TPSA) is 61.4 Å². The van der Waals surface area contributed by atoms with Gasteiger partial charge < -0.3 is 15.7 Å². The molecule has 2 atom stereocenters. The van der Waals surface area contributed by atoms with Gasteiger partial charge in [0, 0.05) is 23.6 Å². The molecule has 1 saturated carbocycles. The first-order valence-electron chi connectivity index (χ1n) is 7.45. The minimum absolute atomic E-state index is 0.0864. The van der Waals surface area contributed by atoms with E-state index in [-0.39, 0.29) is 18.7 Å². The zero-order valence-electron chi connectivity index (χ0n) is 12.6. The van der Waals surface area contributed by atoms with E-state index in [2.05, 4.69) is 29.9 Å². The Kier molecular flexibility index (Phi) is 5.94. The lowest BCUT2D eigenvalue weighted by Gasteiger charge is -2.18. The van der Waals surface area contributed by atoms with E-state index in [4.69, 9.17) is 5.11 Å². The predicted molar refractivity (Wildman–Crippen MR) is 88.7 cm³/mol. The highest BCUT2D eigenvalue weighted by Crippen LogP contribution is 2.34. The number of carbonyl (C=O) groups excluding carboxylic acids is 1. The van der Waals surface area contributed by atoms with Crippen molar-refractivity contribution in [3.05, 3.63) is 29.8 Å². The quantitative estimate of drug-likeness (QED) is 0.723. The minimum Gasteiger partial charge on any atom is -0.396 e. The fourth-order valence-electron chi connectivity index (χ4n) is 2.40. The third-order valence-electron chi connectivity index (χ3n) is 3.92. The number of hydrogen-bond donors (Lipinski definition) is 3. The van der Waals surface area contributed by atoms with Gasteiger partial charge in [-0.2, -0.15) is 11.8 Å². The summed E-state index contributed by atoms with van der Waals surface area (Å²) in [5.41, 5.74) is 2.01. The van der Waals surface area contributed by atoms with Crippen LogP contribution in [0.1, 0.15) is 37.0 Å². The molecule has 4 nitrogen and oxygen atoms in total. The Morgan fingerprint density at radius 2 is 2.24 bits per heavy atom. The highest BCUT2D eigenvalue weighted by Gasteiger charge is 2.31. The number of rotatable bonds is 7. The molecule has 0 radical (unpaired) electrons. The number of aliphatic hydroxyl groups is 1. The molecule has 0 spiro atoms. The van der Waals surface area contributed by atoms with Crippen molar-refractivity contribution in [2.75, 3.05) is 18.2 Å². The normalized spacial score (nSPS) is 17.1. The number of hydrogen-bond acceptors (Lipinski definition) is 3. The first kappa shape index (κ1) is 16.2. The van der Waals surface area contributed by atoms with Crippen LogP contribution in [-0.4, -0.2) is 30.0 Å². The Labute approximate surface area is 130 Å². The molecule has 3 N–H and O–H groups in total. The van der Waals surface area contributed by atoms with Gasteiger partial charge in [-0.05, 0) is 56.1 Å². The molecular formula is C16H24N2O2S. The van der Waals surface area contributed by atoms with E-state index < -0.39 is 0 Å². The molecule has 21 heavy (non-hydrogen) atoms. The van der Waals surface area contributed by atoms with Gasteiger partial charge in [-0.1, -0.05) is 12.1 Å². The zero-order valence-corrected chi connectivity index (χ0v) is 13.5. The van der Waals surface area contributed by atoms with Gasteiger partial charge in [0.05, 0.1) is 0 Å². The molecule has 0 heterocycles. The van der Waals surface area contributed by atoms with Gasteiger partial charge >= 0.3 is 6.03 Å². The summed E-state index contributed by atoms with van der Waals surface area (Å²) in [6, 6.07) is 7.85. The fourth-order valence-corrected chi connectivity index (χ4v) is 2.82. The lowest BCUT2D eigenvalue weighted by Crippen LogP contribution is -2.39. The van der Waals surface area contributed by atoms with Gasteiger partial charge in [0.25, 0.3) is 0 Å². The SMILES string of the molecule is CS[C@@H](C)c1cccc(NC(=O)N[C@H](CCO)C2CC2)c1. The fraction of sp³-hybridized carbons (Fsp3) is 0.562. The van der Waals surface area contributed by atoms with E-state index >= 15 is 0 Å². The second kappa shape index (κ2) is 7.71. The number of anilines is 1. The van der Waals surface area contributed by atoms with Crippen LogP contribution in [-0.2, 0) is 0 Å². The first-order valence-corrected chi connectivity index (χ1v) is 8.74. The smallest absolute Gasteiger partial charge is 0.319 e. The molecule has 0 saturated heterocycles. The molecule has 2 amide bonds. The zero-order chi connectivity index (χ0) is 15.2. The second-order valence-corrected chi connectivity index (χ2v) is 6.74. The highest BCUT2D eigenvalue weighted by atomic mass is 32.2. The molecule has 0 aliphatic heterocycles. The number of benzene rings is 1. The highest BCUT2D eigenvalue weighted by molar-refractivity contribution is 7.98. The summed E-state index contributed by atoms with van der Waals surface area (Å²) in [5.74, 6) is 0.533. The van der Waals surface area contributed by atoms with E-state index in [1.807, 2.05) is 18.2 Å². The number of amides is 2. The van der Waals surface area contributed by atoms with Crippen molar-refractivity contribution in [1.29, 1.82) is 0 Å². The average molecular weight is 308 g/mol. The van der Waals surface area contributed by atoms with Crippen LogP contribution in [0.15, 0.2) is 24.3 Å². The van der Waals surface area contributed by atoms with Gasteiger partial charge in [-0.15, -0.1) is 0 Å². The maximum absolute atomic E-state index is 12.1. The van der Waals surface area contributed by atoms with Crippen molar-refractivity contribution in [3.63, 3.8) is 0 Å². The second-order valence-electron chi connectivity index (χ2n) is 5.56. The van der Waals surface area contributed by atoms with Crippen LogP contribution in [0, 0.1) is 5.92 Å². The van der Waals surface area contributed by atoms with Crippen LogP contribution >= 0.6 is 11.8 Å². The van der Waals surface area contributed by atoms with Crippen LogP contribution in [0.25, 0.3) is 0 Å². The molecule has 0 unspecified atom stereocenters. The largest absolute Gasteiger partial charge is 0.396 e. The third kappa shape index (κ3) is 4.93. The van der Waals surface area contributed by atoms with E-state index in [0.717, 1.165) is 18.5 Å². The Balaban J connectivity index is 1.92. The molecule has 0 aromatic heterocycles. The predicted octanol–water partition coefficient (Wildman–Crippen LogP) is 3.39. The Morgan fingerprint density at radius 1 is 1.48 bits per heavy atom. The van der Waals surface area contributed by atoms with E-state index in [9.17, 15) is 4.79 Å². The summed E-state index contributed by atoms with van der Waals surface area (Å²) in [6.07, 6.45) is 4.99. The molecule has 1 fully saturated rings. The van der Waals surface area contributed by atoms with Crippen molar-refractivity contribution in [2.24, 2.45) is 5.92 Å². The number of urea groups is 1. The van der Waals surface area contributed by atoms with Gasteiger partial charge in [0.15, 0.2) is 0 Å². The van der Waals surface area contributed by atoms with Crippen LogP contribution in [0.4, 0.5) is 10.5 Å². The van der Waals surface area contributed by atoms with Gasteiger partial charge in [-0.25, -0.2) is 4.79 Å². The molecule has 1 aromatic rings. The van der Waals surface area contributed by atoms with E-state index in [0.29, 0.717) is 17.6 Å². The molecule has 5 heteroatoms. The summed E-state index contributed by atoms with van der Waals surface area (Å²) in [6.45, 7) is 2.26. The van der Waals surface area contributed by atoms with Crippen molar-refractivity contribution in [1.82, 2.24) is 5.32 Å². The number of carbonyl (C=O) groups is 1. The average Bonchev–Trinajstić information content (AvgIpc) is 3.31. The summed E-state index contributed by atoms with van der Waals surface area (Å²) < 4.78 is 0. The summed E-state index contributed by atoms with van der Waals surface area (Å²) in [5, 5.41) is 15.3. The molecule has 2 rings (SSSR count). The Bertz CT molecular complexity index is 477. The lowest BCUT2D eigenvalue weighted by molar-refractivity contribution is 0.234. The lowest BCUT2D eigenvalue weighted by atomic mass is 10.1. The molecule has 116 valence electrons. The number of nitrogens with one attached hydrogen (secondary N) is 2. The summed E-state index contributed by atoms with van der Waals surface area (Å²) >= 11 is 1.78. The molecule has 1 aliphatic carbocycles. The third-order valence-corrected chi connectivity index (χ3v) is 4.89. The molecule has 1 aromatic carbocycles. The van der Waals surface area contributed by atoms with E-state index in [1.54, 1.807) is 11.8 Å². The van der Waals surface area contributed by atoms with Crippen LogP contribution in [0.5, 0.6) is 0 Å². The maximum atomic E-state index is 12.1. The standard InChI is InChI=1S/C16H24N2O2S/c1-11(21-2)13-4-3-5-14(10-13)17-16(20)18-15(8-9-19)12-6-7-12/h3-5,10-12,15,19H,6-9H2,1-2H3,(H2,17,18,20)/t11-,15+/m0/s1. The monoisotopic (exact) mass is 308 g/mol. The van der Waals surface area contributed by atoms with Crippen LogP contribution in [0.2, 0.25) is 0 Å². The van der Waals surface area contributed by atoms with Crippen molar-refractivity contribution < 1.29 is 9.90 Å². The molecule has 1 aliphatic rings. The maximum Gasteiger partial charge on any atom is 0.319 e.